The second-order valence-corrected chi connectivity index (χ2v) is 9.28. The molecule has 1 unspecified atom stereocenters. The molecule has 0 saturated carbocycles. The topological polar surface area (TPSA) is 114 Å². The Morgan fingerprint density at radius 1 is 1.20 bits per heavy atom. The van der Waals surface area contributed by atoms with Crippen LogP contribution in [0, 0.1) is 0 Å². The fourth-order valence-corrected chi connectivity index (χ4v) is 4.88. The molecular weight excluding hydrogens is 471 g/mol. The highest BCUT2D eigenvalue weighted by atomic mass is 35.5. The second kappa shape index (κ2) is 9.80. The molecule has 2 heterocycles. The monoisotopic (exact) mass is 486 g/mol. The molecule has 1 atom stereocenters. The summed E-state index contributed by atoms with van der Waals surface area (Å²) < 4.78 is 32.8. The predicted octanol–water partition coefficient (Wildman–Crippen LogP) is 3.81. The van der Waals surface area contributed by atoms with Crippen LogP contribution in [0.2, 0.25) is 10.0 Å². The van der Waals surface area contributed by atoms with Crippen molar-refractivity contribution in [3.05, 3.63) is 64.5 Å². The van der Waals surface area contributed by atoms with Gasteiger partial charge < -0.3 is 9.84 Å². The molecule has 0 aliphatic carbocycles. The summed E-state index contributed by atoms with van der Waals surface area (Å²) in [7, 11) is -2.74. The Hall–Kier alpha value is -2.11. The smallest absolute Gasteiger partial charge is 0.264 e. The molecule has 0 fully saturated rings. The van der Waals surface area contributed by atoms with Crippen molar-refractivity contribution in [2.24, 2.45) is 0 Å². The number of thioether (sulfide) groups is 1. The van der Waals surface area contributed by atoms with Gasteiger partial charge in [0.05, 0.1) is 29.0 Å². The van der Waals surface area contributed by atoms with Crippen LogP contribution in [-0.4, -0.2) is 41.3 Å². The van der Waals surface area contributed by atoms with Crippen LogP contribution in [0.4, 0.5) is 5.82 Å². The van der Waals surface area contributed by atoms with Gasteiger partial charge in [-0.1, -0.05) is 35.3 Å². The molecule has 158 valence electrons. The first-order valence-corrected chi connectivity index (χ1v) is 11.6. The van der Waals surface area contributed by atoms with Crippen molar-refractivity contribution in [1.82, 2.24) is 15.0 Å². The molecule has 2 N–H and O–H groups in total. The number of methoxy groups -OCH3 is 1. The van der Waals surface area contributed by atoms with E-state index in [-0.39, 0.29) is 32.4 Å². The quantitative estimate of drug-likeness (QED) is 0.461. The molecule has 0 amide bonds. The molecule has 0 radical (unpaired) electrons. The van der Waals surface area contributed by atoms with Gasteiger partial charge in [0.2, 0.25) is 5.82 Å². The second-order valence-electron chi connectivity index (χ2n) is 5.80. The van der Waals surface area contributed by atoms with Gasteiger partial charge in [-0.05, 0) is 24.3 Å². The third-order valence-corrected chi connectivity index (χ3v) is 7.05. The summed E-state index contributed by atoms with van der Waals surface area (Å²) in [6, 6.07) is 9.53. The van der Waals surface area contributed by atoms with E-state index in [1.165, 1.54) is 43.3 Å². The number of aliphatic hydroxyl groups is 1. The Morgan fingerprint density at radius 3 is 2.70 bits per heavy atom. The van der Waals surface area contributed by atoms with E-state index in [1.54, 1.807) is 24.4 Å². The van der Waals surface area contributed by atoms with Crippen LogP contribution in [0.3, 0.4) is 0 Å². The molecule has 30 heavy (non-hydrogen) atoms. The lowest BCUT2D eigenvalue weighted by Gasteiger charge is -2.13. The average Bonchev–Trinajstić information content (AvgIpc) is 2.75. The first kappa shape index (κ1) is 22.6. The maximum Gasteiger partial charge on any atom is 0.264 e. The fraction of sp³-hybridized carbons (Fsp3) is 0.167. The van der Waals surface area contributed by atoms with E-state index < -0.39 is 16.1 Å². The molecule has 1 aromatic carbocycles. The number of ether oxygens (including phenoxy) is 1. The molecule has 8 nitrogen and oxygen atoms in total. The van der Waals surface area contributed by atoms with Crippen molar-refractivity contribution in [1.29, 1.82) is 0 Å². The number of halogens is 2. The van der Waals surface area contributed by atoms with Gasteiger partial charge in [0.25, 0.3) is 15.9 Å². The minimum Gasteiger partial charge on any atom is -0.478 e. The summed E-state index contributed by atoms with van der Waals surface area (Å²) in [4.78, 5) is 12.2. The number of sulfonamides is 1. The summed E-state index contributed by atoms with van der Waals surface area (Å²) in [5, 5.41) is 10.7. The van der Waals surface area contributed by atoms with Crippen LogP contribution in [0.1, 0.15) is 11.8 Å². The number of aliphatic hydroxyl groups excluding tert-OH is 1. The van der Waals surface area contributed by atoms with Gasteiger partial charge in [0.15, 0.2) is 0 Å². The third-order valence-electron chi connectivity index (χ3n) is 3.77. The zero-order valence-corrected chi connectivity index (χ0v) is 18.6. The summed E-state index contributed by atoms with van der Waals surface area (Å²) in [5.41, 5.74) is 0.535. The normalized spacial score (nSPS) is 12.4. The summed E-state index contributed by atoms with van der Waals surface area (Å²) >= 11 is 13.1. The molecule has 12 heteroatoms. The Morgan fingerprint density at radius 2 is 2.00 bits per heavy atom. The first-order chi connectivity index (χ1) is 14.3. The molecule has 3 rings (SSSR count). The van der Waals surface area contributed by atoms with Gasteiger partial charge in [-0.15, -0.1) is 11.8 Å². The van der Waals surface area contributed by atoms with Gasteiger partial charge in [0.1, 0.15) is 16.0 Å². The number of hydrogen-bond acceptors (Lipinski definition) is 8. The fourth-order valence-electron chi connectivity index (χ4n) is 2.34. The van der Waals surface area contributed by atoms with Gasteiger partial charge in [-0.25, -0.2) is 18.4 Å². The molecule has 0 aliphatic heterocycles. The number of nitrogens with zero attached hydrogens (tertiary/aromatic N) is 3. The molecule has 0 spiro atoms. The standard InChI is InChI=1S/C18H16Cl2N4O4S2/c1-28-18-17(24-30(26,27)14-7-4-5-11(19)16(14)20)22-9-15(23-18)29-10-13(25)12-6-2-3-8-21-12/h2-9,13,25H,10H2,1H3,(H,22,24). The maximum atomic E-state index is 12.7. The van der Waals surface area contributed by atoms with Crippen LogP contribution in [0.15, 0.2) is 58.7 Å². The van der Waals surface area contributed by atoms with E-state index in [9.17, 15) is 13.5 Å². The van der Waals surface area contributed by atoms with Crippen molar-refractivity contribution in [2.75, 3.05) is 17.6 Å². The number of rotatable bonds is 8. The Balaban J connectivity index is 1.76. The third kappa shape index (κ3) is 5.32. The van der Waals surface area contributed by atoms with Crippen molar-refractivity contribution >= 4 is 50.8 Å². The van der Waals surface area contributed by atoms with Gasteiger partial charge in [-0.2, -0.15) is 0 Å². The molecular formula is C18H16Cl2N4O4S2. The summed E-state index contributed by atoms with van der Waals surface area (Å²) in [6.07, 6.45) is 2.17. The molecule has 0 bridgehead atoms. The summed E-state index contributed by atoms with van der Waals surface area (Å²) in [5.74, 6) is 0.134. The van der Waals surface area contributed by atoms with Crippen LogP contribution < -0.4 is 9.46 Å². The van der Waals surface area contributed by atoms with E-state index in [4.69, 9.17) is 27.9 Å². The SMILES string of the molecule is COc1nc(SCC(O)c2ccccn2)cnc1NS(=O)(=O)c1cccc(Cl)c1Cl. The number of nitrogens with one attached hydrogen (secondary N) is 1. The zero-order valence-electron chi connectivity index (χ0n) is 15.5. The van der Waals surface area contributed by atoms with Crippen LogP contribution in [0.5, 0.6) is 5.88 Å². The van der Waals surface area contributed by atoms with E-state index in [2.05, 4.69) is 19.7 Å². The van der Waals surface area contributed by atoms with Crippen LogP contribution >= 0.6 is 35.0 Å². The van der Waals surface area contributed by atoms with E-state index in [0.29, 0.717) is 10.7 Å². The Kier molecular flexibility index (Phi) is 7.37. The van der Waals surface area contributed by atoms with Gasteiger partial charge in [0, 0.05) is 11.9 Å². The maximum absolute atomic E-state index is 12.7. The highest BCUT2D eigenvalue weighted by Crippen LogP contribution is 2.32. The molecule has 2 aromatic heterocycles. The number of pyridine rings is 1. The first-order valence-electron chi connectivity index (χ1n) is 8.41. The minimum absolute atomic E-state index is 0.0333. The lowest BCUT2D eigenvalue weighted by atomic mass is 10.2. The average molecular weight is 487 g/mol. The number of anilines is 1. The molecule has 0 aliphatic rings. The highest BCUT2D eigenvalue weighted by Gasteiger charge is 2.23. The lowest BCUT2D eigenvalue weighted by molar-refractivity contribution is 0.199. The lowest BCUT2D eigenvalue weighted by Crippen LogP contribution is -2.16. The molecule has 0 saturated heterocycles. The zero-order chi connectivity index (χ0) is 21.7. The number of benzene rings is 1. The Bertz CT molecular complexity index is 1130. The minimum atomic E-state index is -4.08. The number of aromatic nitrogens is 3. The summed E-state index contributed by atoms with van der Waals surface area (Å²) in [6.45, 7) is 0. The van der Waals surface area contributed by atoms with Crippen LogP contribution in [-0.2, 0) is 10.0 Å². The molecule has 3 aromatic rings. The van der Waals surface area contributed by atoms with Crippen molar-refractivity contribution in [3.63, 3.8) is 0 Å². The van der Waals surface area contributed by atoms with Gasteiger partial charge in [-0.3, -0.25) is 9.71 Å². The number of hydrogen-bond donors (Lipinski definition) is 2. The van der Waals surface area contributed by atoms with Crippen molar-refractivity contribution in [3.8, 4) is 5.88 Å². The van der Waals surface area contributed by atoms with E-state index in [1.807, 2.05) is 0 Å². The van der Waals surface area contributed by atoms with Crippen LogP contribution in [0.25, 0.3) is 0 Å². The van der Waals surface area contributed by atoms with E-state index in [0.717, 1.165) is 0 Å². The van der Waals surface area contributed by atoms with Crippen molar-refractivity contribution < 1.29 is 18.3 Å². The Labute approximate surface area is 187 Å². The predicted molar refractivity (Wildman–Crippen MR) is 116 cm³/mol. The van der Waals surface area contributed by atoms with Gasteiger partial charge >= 0.3 is 0 Å². The largest absolute Gasteiger partial charge is 0.478 e. The highest BCUT2D eigenvalue weighted by molar-refractivity contribution is 7.99. The van der Waals surface area contributed by atoms with E-state index >= 15 is 0 Å². The van der Waals surface area contributed by atoms with Crippen molar-refractivity contribution in [2.45, 2.75) is 16.0 Å².